The lowest BCUT2D eigenvalue weighted by atomic mass is 10.1. The smallest absolute Gasteiger partial charge is 0.266 e. The van der Waals surface area contributed by atoms with Crippen molar-refractivity contribution < 1.29 is 4.74 Å². The summed E-state index contributed by atoms with van der Waals surface area (Å²) in [6, 6.07) is 5.39. The van der Waals surface area contributed by atoms with E-state index in [1.807, 2.05) is 6.07 Å². The van der Waals surface area contributed by atoms with Gasteiger partial charge in [-0.25, -0.2) is 4.98 Å². The average Bonchev–Trinajstić information content (AvgIpc) is 2.75. The van der Waals surface area contributed by atoms with Crippen LogP contribution in [0.25, 0.3) is 10.9 Å². The van der Waals surface area contributed by atoms with Gasteiger partial charge in [0.15, 0.2) is 0 Å². The van der Waals surface area contributed by atoms with Crippen molar-refractivity contribution in [1.29, 1.82) is 0 Å². The van der Waals surface area contributed by atoms with E-state index in [1.54, 1.807) is 23.8 Å². The van der Waals surface area contributed by atoms with E-state index in [9.17, 15) is 4.79 Å². The molecule has 1 N–H and O–H groups in total. The summed E-state index contributed by atoms with van der Waals surface area (Å²) in [6.45, 7) is 1.72. The molecular formula is C15H18ClN3O2. The molecule has 1 fully saturated rings. The third kappa shape index (κ3) is 2.63. The van der Waals surface area contributed by atoms with Crippen LogP contribution in [0.3, 0.4) is 0 Å². The molecule has 1 unspecified atom stereocenters. The zero-order valence-corrected chi connectivity index (χ0v) is 12.7. The quantitative estimate of drug-likeness (QED) is 0.866. The van der Waals surface area contributed by atoms with Crippen molar-refractivity contribution in [3.8, 4) is 5.75 Å². The Morgan fingerprint density at radius 1 is 1.43 bits per heavy atom. The van der Waals surface area contributed by atoms with Gasteiger partial charge in [0.25, 0.3) is 5.56 Å². The zero-order chi connectivity index (χ0) is 14.8. The first-order chi connectivity index (χ1) is 10.2. The number of hydrogen-bond donors (Lipinski definition) is 1. The molecule has 1 aromatic heterocycles. The molecule has 1 aromatic carbocycles. The summed E-state index contributed by atoms with van der Waals surface area (Å²) < 4.78 is 6.91. The van der Waals surface area contributed by atoms with Crippen LogP contribution in [-0.2, 0) is 0 Å². The number of methoxy groups -OCH3 is 1. The minimum Gasteiger partial charge on any atom is -0.496 e. The van der Waals surface area contributed by atoms with E-state index in [2.05, 4.69) is 10.3 Å². The third-order valence-corrected chi connectivity index (χ3v) is 4.22. The number of ether oxygens (including phenoxy) is 1. The summed E-state index contributed by atoms with van der Waals surface area (Å²) in [4.78, 5) is 17.2. The van der Waals surface area contributed by atoms with E-state index in [0.29, 0.717) is 16.7 Å². The Labute approximate surface area is 127 Å². The van der Waals surface area contributed by atoms with Crippen LogP contribution in [0.5, 0.6) is 5.75 Å². The van der Waals surface area contributed by atoms with Gasteiger partial charge in [-0.2, -0.15) is 0 Å². The van der Waals surface area contributed by atoms with Gasteiger partial charge in [0.1, 0.15) is 11.1 Å². The molecule has 1 aliphatic rings. The van der Waals surface area contributed by atoms with E-state index in [4.69, 9.17) is 16.3 Å². The summed E-state index contributed by atoms with van der Waals surface area (Å²) >= 11 is 6.27. The Morgan fingerprint density at radius 3 is 3.10 bits per heavy atom. The minimum atomic E-state index is -0.129. The largest absolute Gasteiger partial charge is 0.496 e. The predicted molar refractivity (Wildman–Crippen MR) is 83.3 cm³/mol. The number of hydrogen-bond acceptors (Lipinski definition) is 4. The molecule has 0 bridgehead atoms. The number of aromatic nitrogens is 2. The van der Waals surface area contributed by atoms with Crippen molar-refractivity contribution in [1.82, 2.24) is 14.9 Å². The summed E-state index contributed by atoms with van der Waals surface area (Å²) in [7, 11) is 1.56. The number of nitrogens with zero attached hydrogens (tertiary/aromatic N) is 2. The van der Waals surface area contributed by atoms with Crippen molar-refractivity contribution >= 4 is 22.5 Å². The molecule has 6 heteroatoms. The monoisotopic (exact) mass is 307 g/mol. The Bertz CT molecular complexity index is 706. The lowest BCUT2D eigenvalue weighted by Gasteiger charge is -2.19. The number of halogens is 1. The Morgan fingerprint density at radius 2 is 2.29 bits per heavy atom. The maximum atomic E-state index is 12.9. The van der Waals surface area contributed by atoms with Crippen LogP contribution >= 0.6 is 11.6 Å². The van der Waals surface area contributed by atoms with Crippen LogP contribution in [-0.4, -0.2) is 29.8 Å². The Hall–Kier alpha value is -1.59. The second-order valence-corrected chi connectivity index (χ2v) is 5.60. The molecule has 5 nitrogen and oxygen atoms in total. The van der Waals surface area contributed by atoms with E-state index in [0.717, 1.165) is 32.4 Å². The fourth-order valence-corrected chi connectivity index (χ4v) is 3.20. The predicted octanol–water partition coefficient (Wildman–Crippen LogP) is 2.37. The molecule has 2 heterocycles. The number of benzene rings is 1. The molecule has 21 heavy (non-hydrogen) atoms. The first-order valence-electron chi connectivity index (χ1n) is 7.18. The molecule has 1 saturated heterocycles. The topological polar surface area (TPSA) is 56.1 Å². The molecule has 0 aliphatic carbocycles. The van der Waals surface area contributed by atoms with Gasteiger partial charge in [-0.05, 0) is 43.1 Å². The highest BCUT2D eigenvalue weighted by Crippen LogP contribution is 2.25. The first-order valence-corrected chi connectivity index (χ1v) is 7.55. The van der Waals surface area contributed by atoms with Crippen LogP contribution in [0.4, 0.5) is 0 Å². The van der Waals surface area contributed by atoms with Gasteiger partial charge in [0, 0.05) is 6.54 Å². The van der Waals surface area contributed by atoms with Gasteiger partial charge >= 0.3 is 0 Å². The summed E-state index contributed by atoms with van der Waals surface area (Å²) in [5.41, 5.74) is 0.443. The van der Waals surface area contributed by atoms with Gasteiger partial charge in [-0.3, -0.25) is 9.36 Å². The SMILES string of the molecule is COc1cccc2nc(Cl)n(C3CCCCNC3)c(=O)c12. The summed E-state index contributed by atoms with van der Waals surface area (Å²) in [6.07, 6.45) is 3.12. The molecule has 0 amide bonds. The Balaban J connectivity index is 2.20. The molecule has 0 radical (unpaired) electrons. The second kappa shape index (κ2) is 6.03. The van der Waals surface area contributed by atoms with Gasteiger partial charge < -0.3 is 10.1 Å². The summed E-state index contributed by atoms with van der Waals surface area (Å²) in [5.74, 6) is 0.539. The van der Waals surface area contributed by atoms with Crippen molar-refractivity contribution in [2.75, 3.05) is 20.2 Å². The van der Waals surface area contributed by atoms with Crippen LogP contribution in [0.1, 0.15) is 25.3 Å². The number of fused-ring (bicyclic) bond motifs is 1. The van der Waals surface area contributed by atoms with Gasteiger partial charge in [-0.15, -0.1) is 0 Å². The normalized spacial score (nSPS) is 19.4. The molecule has 3 rings (SSSR count). The third-order valence-electron chi connectivity index (χ3n) is 3.95. The first kappa shape index (κ1) is 14.4. The summed E-state index contributed by atoms with van der Waals surface area (Å²) in [5, 5.41) is 4.09. The molecule has 0 spiro atoms. The van der Waals surface area contributed by atoms with Gasteiger partial charge in [0.2, 0.25) is 5.28 Å². The highest BCUT2D eigenvalue weighted by Gasteiger charge is 2.21. The maximum absolute atomic E-state index is 12.9. The van der Waals surface area contributed by atoms with E-state index in [-0.39, 0.29) is 16.9 Å². The highest BCUT2D eigenvalue weighted by molar-refractivity contribution is 6.28. The number of rotatable bonds is 2. The highest BCUT2D eigenvalue weighted by atomic mass is 35.5. The van der Waals surface area contributed by atoms with E-state index < -0.39 is 0 Å². The molecular weight excluding hydrogens is 290 g/mol. The molecule has 112 valence electrons. The van der Waals surface area contributed by atoms with Crippen molar-refractivity contribution in [3.63, 3.8) is 0 Å². The average molecular weight is 308 g/mol. The van der Waals surface area contributed by atoms with Crippen LogP contribution < -0.4 is 15.6 Å². The van der Waals surface area contributed by atoms with Gasteiger partial charge in [-0.1, -0.05) is 12.5 Å². The van der Waals surface area contributed by atoms with Gasteiger partial charge in [0.05, 0.1) is 18.7 Å². The minimum absolute atomic E-state index is 0.0364. The lowest BCUT2D eigenvalue weighted by Crippen LogP contribution is -2.32. The molecule has 1 aliphatic heterocycles. The molecule has 2 aromatic rings. The van der Waals surface area contributed by atoms with E-state index in [1.165, 1.54) is 0 Å². The van der Waals surface area contributed by atoms with Crippen molar-refractivity contribution in [3.05, 3.63) is 33.8 Å². The number of nitrogens with one attached hydrogen (secondary N) is 1. The molecule has 1 atom stereocenters. The maximum Gasteiger partial charge on any atom is 0.266 e. The lowest BCUT2D eigenvalue weighted by molar-refractivity contribution is 0.416. The van der Waals surface area contributed by atoms with Crippen LogP contribution in [0.15, 0.2) is 23.0 Å². The molecule has 0 saturated carbocycles. The van der Waals surface area contributed by atoms with Crippen molar-refractivity contribution in [2.45, 2.75) is 25.3 Å². The standard InChI is InChI=1S/C15H18ClN3O2/c1-21-12-7-4-6-11-13(12)14(20)19(15(16)18-11)10-5-2-3-8-17-9-10/h4,6-7,10,17H,2-3,5,8-9H2,1H3. The van der Waals surface area contributed by atoms with Crippen LogP contribution in [0.2, 0.25) is 5.28 Å². The van der Waals surface area contributed by atoms with Crippen LogP contribution in [0, 0.1) is 0 Å². The fraction of sp³-hybridized carbons (Fsp3) is 0.467. The Kier molecular flexibility index (Phi) is 4.12. The van der Waals surface area contributed by atoms with E-state index >= 15 is 0 Å². The second-order valence-electron chi connectivity index (χ2n) is 5.26. The zero-order valence-electron chi connectivity index (χ0n) is 11.9. The van der Waals surface area contributed by atoms with Crippen molar-refractivity contribution in [2.24, 2.45) is 0 Å². The fourth-order valence-electron chi connectivity index (χ4n) is 2.89.